The van der Waals surface area contributed by atoms with Crippen molar-refractivity contribution in [3.8, 4) is 0 Å². The molecule has 4 heteroatoms. The highest BCUT2D eigenvalue weighted by molar-refractivity contribution is 6.70. The van der Waals surface area contributed by atoms with Crippen molar-refractivity contribution in [1.82, 2.24) is 0 Å². The van der Waals surface area contributed by atoms with Gasteiger partial charge in [-0.25, -0.2) is 0 Å². The van der Waals surface area contributed by atoms with E-state index in [0.29, 0.717) is 0 Å². The first-order valence-electron chi connectivity index (χ1n) is 2.11. The number of hydrogen-bond donors (Lipinski definition) is 0. The van der Waals surface area contributed by atoms with Gasteiger partial charge in [0, 0.05) is 11.6 Å². The maximum atomic E-state index is 10.2. The molecule has 0 fully saturated rings. The van der Waals surface area contributed by atoms with E-state index in [4.69, 9.17) is 23.2 Å². The van der Waals surface area contributed by atoms with Crippen LogP contribution in [0, 0.1) is 0 Å². The topological polar surface area (TPSA) is 34.1 Å². The van der Waals surface area contributed by atoms with E-state index in [2.05, 4.69) is 0 Å². The Kier molecular flexibility index (Phi) is 3.50. The zero-order valence-corrected chi connectivity index (χ0v) is 6.16. The molecular weight excluding hydrogens is 163 g/mol. The van der Waals surface area contributed by atoms with Crippen molar-refractivity contribution in [3.63, 3.8) is 0 Å². The van der Waals surface area contributed by atoms with Gasteiger partial charge in [0.1, 0.15) is 0 Å². The quantitative estimate of drug-likeness (QED) is 0.460. The van der Waals surface area contributed by atoms with E-state index in [1.54, 1.807) is 0 Å². The average molecular weight is 167 g/mol. The number of carbonyl (C=O) groups excluding carboxylic acids is 2. The van der Waals surface area contributed by atoms with Gasteiger partial charge < -0.3 is 0 Å². The van der Waals surface area contributed by atoms with Crippen molar-refractivity contribution < 1.29 is 9.59 Å². The fourth-order valence-corrected chi connectivity index (χ4v) is 0.445. The van der Waals surface area contributed by atoms with Crippen molar-refractivity contribution >= 4 is 33.7 Å². The fourth-order valence-electron chi connectivity index (χ4n) is 0.227. The van der Waals surface area contributed by atoms with Gasteiger partial charge in [-0.3, -0.25) is 9.59 Å². The number of halogens is 2. The van der Waals surface area contributed by atoms with Crippen LogP contribution in [0.3, 0.4) is 0 Å². The molecule has 0 rings (SSSR count). The Hall–Kier alpha value is -0.340. The highest BCUT2D eigenvalue weighted by Gasteiger charge is 1.99. The first kappa shape index (κ1) is 8.66. The van der Waals surface area contributed by atoms with Gasteiger partial charge in [0.05, 0.1) is 0 Å². The van der Waals surface area contributed by atoms with Crippen LogP contribution in [0.5, 0.6) is 0 Å². The first-order valence-corrected chi connectivity index (χ1v) is 2.87. The van der Waals surface area contributed by atoms with E-state index in [-0.39, 0.29) is 5.57 Å². The Morgan fingerprint density at radius 3 is 1.89 bits per heavy atom. The van der Waals surface area contributed by atoms with E-state index in [1.807, 2.05) is 0 Å². The minimum absolute atomic E-state index is 0.150. The summed E-state index contributed by atoms with van der Waals surface area (Å²) in [6.07, 6.45) is 0.969. The molecule has 0 amide bonds. The summed E-state index contributed by atoms with van der Waals surface area (Å²) in [5.74, 6) is 0. The second kappa shape index (κ2) is 3.64. The van der Waals surface area contributed by atoms with Gasteiger partial charge in [0.15, 0.2) is 0 Å². The van der Waals surface area contributed by atoms with Crippen LogP contribution in [-0.4, -0.2) is 10.5 Å². The lowest BCUT2D eigenvalue weighted by Crippen LogP contribution is -1.90. The minimum Gasteiger partial charge on any atom is -0.276 e. The maximum Gasteiger partial charge on any atom is 0.248 e. The summed E-state index contributed by atoms with van der Waals surface area (Å²) < 4.78 is 0. The third-order valence-electron chi connectivity index (χ3n) is 0.640. The normalized spacial score (nSPS) is 11.2. The fraction of sp³-hybridized carbons (Fsp3) is 0.200. The van der Waals surface area contributed by atoms with Gasteiger partial charge in [-0.15, -0.1) is 0 Å². The Labute approximate surface area is 62.4 Å². The number of hydrogen-bond acceptors (Lipinski definition) is 2. The molecular formula is C5H4Cl2O2. The number of allylic oxidation sites excluding steroid dienone is 2. The largest absolute Gasteiger partial charge is 0.276 e. The van der Waals surface area contributed by atoms with Crippen molar-refractivity contribution in [2.75, 3.05) is 0 Å². The van der Waals surface area contributed by atoms with Crippen LogP contribution < -0.4 is 0 Å². The van der Waals surface area contributed by atoms with Crippen LogP contribution >= 0.6 is 23.2 Å². The molecule has 0 bridgehead atoms. The summed E-state index contributed by atoms with van der Waals surface area (Å²) in [6.45, 7) is 1.41. The molecule has 0 aliphatic heterocycles. The van der Waals surface area contributed by atoms with Crippen molar-refractivity contribution in [1.29, 1.82) is 0 Å². The summed E-state index contributed by atoms with van der Waals surface area (Å²) in [4.78, 5) is 20.2. The molecule has 0 spiro atoms. The molecule has 2 nitrogen and oxygen atoms in total. The molecule has 0 unspecified atom stereocenters. The second-order valence-electron chi connectivity index (χ2n) is 1.41. The zero-order valence-electron chi connectivity index (χ0n) is 4.65. The Morgan fingerprint density at radius 2 is 1.78 bits per heavy atom. The van der Waals surface area contributed by atoms with E-state index in [0.717, 1.165) is 6.08 Å². The molecule has 0 saturated carbocycles. The Morgan fingerprint density at radius 1 is 1.33 bits per heavy atom. The van der Waals surface area contributed by atoms with Gasteiger partial charge in [0.2, 0.25) is 10.5 Å². The van der Waals surface area contributed by atoms with Gasteiger partial charge in [0.25, 0.3) is 0 Å². The standard InChI is InChI=1S/C5H4Cl2O2/c1-3(5(7)9)2-4(6)8/h2H,1H3. The lowest BCUT2D eigenvalue weighted by Gasteiger charge is -1.84. The molecule has 0 aromatic carbocycles. The maximum absolute atomic E-state index is 10.2. The zero-order chi connectivity index (χ0) is 7.44. The third kappa shape index (κ3) is 4.18. The Bertz CT molecular complexity index is 172. The molecule has 0 saturated heterocycles. The van der Waals surface area contributed by atoms with Crippen LogP contribution in [0.1, 0.15) is 6.92 Å². The number of carbonyl (C=O) groups is 2. The Balaban J connectivity index is 4.17. The molecule has 0 N–H and O–H groups in total. The first-order chi connectivity index (χ1) is 4.04. The predicted octanol–water partition coefficient (Wildman–Crippen LogP) is 1.46. The van der Waals surface area contributed by atoms with Crippen LogP contribution in [0.25, 0.3) is 0 Å². The lowest BCUT2D eigenvalue weighted by atomic mass is 10.3. The van der Waals surface area contributed by atoms with Crippen LogP contribution in [0.2, 0.25) is 0 Å². The van der Waals surface area contributed by atoms with E-state index in [9.17, 15) is 9.59 Å². The summed E-state index contributed by atoms with van der Waals surface area (Å²) in [5.41, 5.74) is 0.150. The molecule has 0 aromatic heterocycles. The minimum atomic E-state index is -0.693. The van der Waals surface area contributed by atoms with E-state index < -0.39 is 10.5 Å². The van der Waals surface area contributed by atoms with E-state index in [1.165, 1.54) is 6.92 Å². The molecule has 9 heavy (non-hydrogen) atoms. The number of rotatable bonds is 2. The molecule has 0 aliphatic rings. The molecule has 0 radical (unpaired) electrons. The van der Waals surface area contributed by atoms with Crippen molar-refractivity contribution in [2.45, 2.75) is 6.92 Å². The molecule has 0 heterocycles. The second-order valence-corrected chi connectivity index (χ2v) is 2.12. The van der Waals surface area contributed by atoms with Crippen LogP contribution in [0.4, 0.5) is 0 Å². The van der Waals surface area contributed by atoms with Crippen LogP contribution in [0.15, 0.2) is 11.6 Å². The summed E-state index contributed by atoms with van der Waals surface area (Å²) in [6, 6.07) is 0. The van der Waals surface area contributed by atoms with Crippen molar-refractivity contribution in [2.24, 2.45) is 0 Å². The molecule has 0 atom stereocenters. The van der Waals surface area contributed by atoms with Crippen LogP contribution in [-0.2, 0) is 9.59 Å². The summed E-state index contributed by atoms with van der Waals surface area (Å²) >= 11 is 9.84. The van der Waals surface area contributed by atoms with Crippen molar-refractivity contribution in [3.05, 3.63) is 11.6 Å². The SMILES string of the molecule is CC(=CC(=O)Cl)C(=O)Cl. The highest BCUT2D eigenvalue weighted by Crippen LogP contribution is 1.99. The van der Waals surface area contributed by atoms with E-state index >= 15 is 0 Å². The third-order valence-corrected chi connectivity index (χ3v) is 1.05. The van der Waals surface area contributed by atoms with Gasteiger partial charge in [-0.1, -0.05) is 0 Å². The lowest BCUT2D eigenvalue weighted by molar-refractivity contribution is -0.110. The van der Waals surface area contributed by atoms with Gasteiger partial charge >= 0.3 is 0 Å². The summed E-state index contributed by atoms with van der Waals surface area (Å²) in [7, 11) is 0. The molecule has 0 aromatic rings. The van der Waals surface area contributed by atoms with Gasteiger partial charge in [-0.05, 0) is 30.1 Å². The average Bonchev–Trinajstić information content (AvgIpc) is 1.63. The van der Waals surface area contributed by atoms with Gasteiger partial charge in [-0.2, -0.15) is 0 Å². The predicted molar refractivity (Wildman–Crippen MR) is 35.5 cm³/mol. The molecule has 0 aliphatic carbocycles. The molecule has 50 valence electrons. The summed E-state index contributed by atoms with van der Waals surface area (Å²) in [5, 5.41) is -1.36. The highest BCUT2D eigenvalue weighted by atomic mass is 35.5. The monoisotopic (exact) mass is 166 g/mol. The smallest absolute Gasteiger partial charge is 0.248 e.